The van der Waals surface area contributed by atoms with Gasteiger partial charge in [-0.3, -0.25) is 4.68 Å². The van der Waals surface area contributed by atoms with Crippen molar-refractivity contribution in [3.63, 3.8) is 0 Å². The Balaban J connectivity index is 2.55. The van der Waals surface area contributed by atoms with Crippen molar-refractivity contribution < 1.29 is 4.74 Å². The van der Waals surface area contributed by atoms with Crippen molar-refractivity contribution in [3.8, 4) is 5.75 Å². The summed E-state index contributed by atoms with van der Waals surface area (Å²) in [6.45, 7) is 7.80. The topological polar surface area (TPSA) is 53.1 Å². The predicted molar refractivity (Wildman–Crippen MR) is 60.8 cm³/mol. The van der Waals surface area contributed by atoms with Crippen molar-refractivity contribution in [1.82, 2.24) is 9.78 Å². The summed E-state index contributed by atoms with van der Waals surface area (Å²) in [6, 6.07) is 0. The van der Waals surface area contributed by atoms with Gasteiger partial charge in [0.2, 0.25) is 0 Å². The molecule has 0 saturated carbocycles. The second kappa shape index (κ2) is 5.75. The van der Waals surface area contributed by atoms with Crippen molar-refractivity contribution in [3.05, 3.63) is 12.4 Å². The molecule has 0 aromatic carbocycles. The van der Waals surface area contributed by atoms with Crippen LogP contribution in [0.5, 0.6) is 5.75 Å². The molecule has 1 unspecified atom stereocenters. The number of nitrogens with two attached hydrogens (primary N) is 1. The molecular weight excluding hydrogens is 190 g/mol. The standard InChI is InChI=1S/C11H21N3O/c1-4-5-14-8-10(7-13-14)15-11(6-12)9(2)3/h7-9,11H,4-6,12H2,1-3H3. The fourth-order valence-electron chi connectivity index (χ4n) is 1.39. The molecule has 1 aromatic heterocycles. The normalized spacial score (nSPS) is 13.1. The maximum Gasteiger partial charge on any atom is 0.157 e. The van der Waals surface area contributed by atoms with Crippen LogP contribution in [-0.2, 0) is 6.54 Å². The quantitative estimate of drug-likeness (QED) is 0.778. The number of hydrogen-bond acceptors (Lipinski definition) is 3. The number of hydrogen-bond donors (Lipinski definition) is 1. The first kappa shape index (κ1) is 12.0. The molecule has 1 rings (SSSR count). The summed E-state index contributed by atoms with van der Waals surface area (Å²) >= 11 is 0. The van der Waals surface area contributed by atoms with Gasteiger partial charge in [0.25, 0.3) is 0 Å². The van der Waals surface area contributed by atoms with Crippen LogP contribution in [-0.4, -0.2) is 22.4 Å². The van der Waals surface area contributed by atoms with Gasteiger partial charge >= 0.3 is 0 Å². The Kier molecular flexibility index (Phi) is 4.62. The lowest BCUT2D eigenvalue weighted by Crippen LogP contribution is -2.31. The van der Waals surface area contributed by atoms with Crippen LogP contribution in [0.25, 0.3) is 0 Å². The van der Waals surface area contributed by atoms with Gasteiger partial charge in [-0.15, -0.1) is 0 Å². The average Bonchev–Trinajstić information content (AvgIpc) is 2.62. The van der Waals surface area contributed by atoms with Gasteiger partial charge in [-0.05, 0) is 12.3 Å². The van der Waals surface area contributed by atoms with Crippen LogP contribution < -0.4 is 10.5 Å². The van der Waals surface area contributed by atoms with Crippen molar-refractivity contribution in [2.75, 3.05) is 6.54 Å². The lowest BCUT2D eigenvalue weighted by Gasteiger charge is -2.19. The first-order valence-electron chi connectivity index (χ1n) is 5.56. The highest BCUT2D eigenvalue weighted by Crippen LogP contribution is 2.14. The molecule has 0 aliphatic heterocycles. The van der Waals surface area contributed by atoms with Crippen LogP contribution in [0.15, 0.2) is 12.4 Å². The van der Waals surface area contributed by atoms with Gasteiger partial charge in [0.1, 0.15) is 6.10 Å². The molecule has 4 heteroatoms. The monoisotopic (exact) mass is 211 g/mol. The Labute approximate surface area is 91.4 Å². The highest BCUT2D eigenvalue weighted by molar-refractivity contribution is 5.12. The third kappa shape index (κ3) is 3.55. The maximum atomic E-state index is 5.74. The average molecular weight is 211 g/mol. The molecule has 0 radical (unpaired) electrons. The van der Waals surface area contributed by atoms with Gasteiger partial charge in [-0.1, -0.05) is 20.8 Å². The lowest BCUT2D eigenvalue weighted by atomic mass is 10.1. The first-order valence-corrected chi connectivity index (χ1v) is 5.56. The van der Waals surface area contributed by atoms with Crippen LogP contribution in [0.2, 0.25) is 0 Å². The molecule has 0 spiro atoms. The maximum absolute atomic E-state index is 5.74. The SMILES string of the molecule is CCCn1cc(OC(CN)C(C)C)cn1. The Morgan fingerprint density at radius 3 is 2.80 bits per heavy atom. The fraction of sp³-hybridized carbons (Fsp3) is 0.727. The van der Waals surface area contributed by atoms with E-state index in [9.17, 15) is 0 Å². The molecule has 15 heavy (non-hydrogen) atoms. The summed E-state index contributed by atoms with van der Waals surface area (Å²) < 4.78 is 7.64. The minimum absolute atomic E-state index is 0.0734. The van der Waals surface area contributed by atoms with E-state index in [4.69, 9.17) is 10.5 Å². The third-order valence-corrected chi connectivity index (χ3v) is 2.33. The Bertz CT molecular complexity index is 283. The van der Waals surface area contributed by atoms with E-state index in [1.54, 1.807) is 6.20 Å². The Morgan fingerprint density at radius 1 is 1.53 bits per heavy atom. The summed E-state index contributed by atoms with van der Waals surface area (Å²) in [6.07, 6.45) is 4.82. The predicted octanol–water partition coefficient (Wildman–Crippen LogP) is 1.66. The number of nitrogens with zero attached hydrogens (tertiary/aromatic N) is 2. The number of rotatable bonds is 6. The molecule has 2 N–H and O–H groups in total. The molecule has 0 saturated heterocycles. The van der Waals surface area contributed by atoms with E-state index in [1.807, 2.05) is 10.9 Å². The number of ether oxygens (including phenoxy) is 1. The summed E-state index contributed by atoms with van der Waals surface area (Å²) in [7, 11) is 0. The van der Waals surface area contributed by atoms with Crippen LogP contribution in [0, 0.1) is 5.92 Å². The van der Waals surface area contributed by atoms with E-state index >= 15 is 0 Å². The molecule has 0 aliphatic rings. The summed E-state index contributed by atoms with van der Waals surface area (Å²) in [5, 5.41) is 4.20. The van der Waals surface area contributed by atoms with Gasteiger partial charge in [0, 0.05) is 13.1 Å². The second-order valence-electron chi connectivity index (χ2n) is 4.08. The summed E-state index contributed by atoms with van der Waals surface area (Å²) in [5.74, 6) is 1.23. The minimum atomic E-state index is 0.0734. The first-order chi connectivity index (χ1) is 7.17. The van der Waals surface area contributed by atoms with E-state index in [0.717, 1.165) is 18.7 Å². The van der Waals surface area contributed by atoms with Crippen LogP contribution >= 0.6 is 0 Å². The third-order valence-electron chi connectivity index (χ3n) is 2.33. The van der Waals surface area contributed by atoms with Crippen LogP contribution in [0.4, 0.5) is 0 Å². The van der Waals surface area contributed by atoms with Crippen LogP contribution in [0.1, 0.15) is 27.2 Å². The zero-order valence-corrected chi connectivity index (χ0v) is 9.81. The van der Waals surface area contributed by atoms with E-state index in [0.29, 0.717) is 12.5 Å². The molecule has 0 bridgehead atoms. The lowest BCUT2D eigenvalue weighted by molar-refractivity contribution is 0.159. The highest BCUT2D eigenvalue weighted by Gasteiger charge is 2.13. The zero-order valence-electron chi connectivity index (χ0n) is 9.81. The van der Waals surface area contributed by atoms with Gasteiger partial charge < -0.3 is 10.5 Å². The fourth-order valence-corrected chi connectivity index (χ4v) is 1.39. The molecule has 4 nitrogen and oxygen atoms in total. The molecule has 86 valence electrons. The molecule has 0 fully saturated rings. The van der Waals surface area contributed by atoms with E-state index in [1.165, 1.54) is 0 Å². The van der Waals surface area contributed by atoms with Crippen molar-refractivity contribution >= 4 is 0 Å². The number of aryl methyl sites for hydroxylation is 1. The van der Waals surface area contributed by atoms with Crippen molar-refractivity contribution in [2.45, 2.75) is 39.8 Å². The van der Waals surface area contributed by atoms with E-state index in [2.05, 4.69) is 25.9 Å². The largest absolute Gasteiger partial charge is 0.486 e. The van der Waals surface area contributed by atoms with Crippen molar-refractivity contribution in [2.24, 2.45) is 11.7 Å². The summed E-state index contributed by atoms with van der Waals surface area (Å²) in [5.41, 5.74) is 5.63. The Morgan fingerprint density at radius 2 is 2.27 bits per heavy atom. The molecule has 1 atom stereocenters. The van der Waals surface area contributed by atoms with Gasteiger partial charge in [-0.2, -0.15) is 5.10 Å². The zero-order chi connectivity index (χ0) is 11.3. The van der Waals surface area contributed by atoms with Crippen molar-refractivity contribution in [1.29, 1.82) is 0 Å². The van der Waals surface area contributed by atoms with E-state index in [-0.39, 0.29) is 6.10 Å². The molecule has 1 heterocycles. The molecule has 1 aromatic rings. The summed E-state index contributed by atoms with van der Waals surface area (Å²) in [4.78, 5) is 0. The Hall–Kier alpha value is -1.03. The number of aromatic nitrogens is 2. The molecule has 0 aliphatic carbocycles. The van der Waals surface area contributed by atoms with Gasteiger partial charge in [0.05, 0.1) is 12.4 Å². The van der Waals surface area contributed by atoms with Gasteiger partial charge in [-0.25, -0.2) is 0 Å². The second-order valence-corrected chi connectivity index (χ2v) is 4.08. The smallest absolute Gasteiger partial charge is 0.157 e. The molecular formula is C11H21N3O. The van der Waals surface area contributed by atoms with Gasteiger partial charge in [0.15, 0.2) is 5.75 Å². The minimum Gasteiger partial charge on any atom is -0.486 e. The van der Waals surface area contributed by atoms with Crippen LogP contribution in [0.3, 0.4) is 0 Å². The van der Waals surface area contributed by atoms with E-state index < -0.39 is 0 Å². The highest BCUT2D eigenvalue weighted by atomic mass is 16.5. The molecule has 0 amide bonds.